The molecule has 162 valence electrons. The van der Waals surface area contributed by atoms with E-state index in [0.717, 1.165) is 0 Å². The molecular formula is C18H25ClN2O7S. The molecule has 1 fully saturated rings. The summed E-state index contributed by atoms with van der Waals surface area (Å²) < 4.78 is 42.3. The number of methoxy groups -OCH3 is 1. The minimum Gasteiger partial charge on any atom is -0.465 e. The van der Waals surface area contributed by atoms with Crippen molar-refractivity contribution in [3.63, 3.8) is 0 Å². The molecule has 0 atom stereocenters. The van der Waals surface area contributed by atoms with E-state index in [1.54, 1.807) is 6.92 Å². The second-order valence-electron chi connectivity index (χ2n) is 6.19. The Balaban J connectivity index is 2.31. The highest BCUT2D eigenvalue weighted by molar-refractivity contribution is 7.89. The third-order valence-corrected chi connectivity index (χ3v) is 6.62. The van der Waals surface area contributed by atoms with E-state index in [2.05, 4.69) is 0 Å². The van der Waals surface area contributed by atoms with E-state index < -0.39 is 21.9 Å². The van der Waals surface area contributed by atoms with Crippen molar-refractivity contribution in [2.75, 3.05) is 59.7 Å². The van der Waals surface area contributed by atoms with Crippen LogP contribution in [0.4, 0.5) is 0 Å². The molecule has 9 nitrogen and oxygen atoms in total. The quantitative estimate of drug-likeness (QED) is 0.519. The minimum atomic E-state index is -3.89. The summed E-state index contributed by atoms with van der Waals surface area (Å²) in [5, 5.41) is 0.0156. The van der Waals surface area contributed by atoms with Crippen molar-refractivity contribution in [1.29, 1.82) is 0 Å². The SMILES string of the molecule is CCOC(=O)CN(CCOC)C(=O)c1ccc(Cl)c(S(=O)(=O)N2CCOCC2)c1. The number of morpholine rings is 1. The summed E-state index contributed by atoms with van der Waals surface area (Å²) in [6.45, 7) is 2.93. The average Bonchev–Trinajstić information content (AvgIpc) is 2.71. The summed E-state index contributed by atoms with van der Waals surface area (Å²) in [4.78, 5) is 25.9. The van der Waals surface area contributed by atoms with Gasteiger partial charge >= 0.3 is 5.97 Å². The predicted molar refractivity (Wildman–Crippen MR) is 105 cm³/mol. The maximum absolute atomic E-state index is 13.0. The van der Waals surface area contributed by atoms with Gasteiger partial charge in [0, 0.05) is 32.3 Å². The number of hydrogen-bond acceptors (Lipinski definition) is 7. The fraction of sp³-hybridized carbons (Fsp3) is 0.556. The van der Waals surface area contributed by atoms with Gasteiger partial charge in [-0.1, -0.05) is 11.6 Å². The molecule has 1 aromatic rings. The van der Waals surface area contributed by atoms with Gasteiger partial charge in [-0.05, 0) is 25.1 Å². The molecule has 1 saturated heterocycles. The molecule has 0 spiro atoms. The van der Waals surface area contributed by atoms with Crippen LogP contribution in [0, 0.1) is 0 Å². The first-order valence-electron chi connectivity index (χ1n) is 9.12. The molecule has 1 heterocycles. The number of nitrogens with zero attached hydrogens (tertiary/aromatic N) is 2. The first kappa shape index (κ1) is 23.6. The lowest BCUT2D eigenvalue weighted by Gasteiger charge is -2.27. The number of carbonyl (C=O) groups is 2. The summed E-state index contributed by atoms with van der Waals surface area (Å²) in [5.41, 5.74) is 0.0987. The second-order valence-corrected chi connectivity index (χ2v) is 8.50. The Kier molecular flexibility index (Phi) is 8.84. The largest absolute Gasteiger partial charge is 0.465 e. The number of rotatable bonds is 9. The van der Waals surface area contributed by atoms with Gasteiger partial charge in [0.2, 0.25) is 10.0 Å². The third-order valence-electron chi connectivity index (χ3n) is 4.24. The van der Waals surface area contributed by atoms with Crippen LogP contribution in [-0.2, 0) is 29.0 Å². The van der Waals surface area contributed by atoms with Gasteiger partial charge in [0.1, 0.15) is 11.4 Å². The summed E-state index contributed by atoms with van der Waals surface area (Å²) in [5.74, 6) is -1.09. The maximum atomic E-state index is 13.0. The van der Waals surface area contributed by atoms with E-state index in [1.807, 2.05) is 0 Å². The van der Waals surface area contributed by atoms with Gasteiger partial charge in [-0.25, -0.2) is 8.42 Å². The molecule has 0 radical (unpaired) electrons. The summed E-state index contributed by atoms with van der Waals surface area (Å²) >= 11 is 6.14. The smallest absolute Gasteiger partial charge is 0.325 e. The van der Waals surface area contributed by atoms with Crippen LogP contribution in [0.3, 0.4) is 0 Å². The number of sulfonamides is 1. The Bertz CT molecular complexity index is 825. The lowest BCUT2D eigenvalue weighted by molar-refractivity contribution is -0.143. The van der Waals surface area contributed by atoms with Gasteiger partial charge in [-0.15, -0.1) is 0 Å². The molecule has 1 aromatic carbocycles. The van der Waals surface area contributed by atoms with E-state index in [9.17, 15) is 18.0 Å². The highest BCUT2D eigenvalue weighted by atomic mass is 35.5. The van der Waals surface area contributed by atoms with Crippen LogP contribution >= 0.6 is 11.6 Å². The number of halogens is 1. The fourth-order valence-corrected chi connectivity index (χ4v) is 4.67. The Hall–Kier alpha value is -1.72. The van der Waals surface area contributed by atoms with Crippen LogP contribution in [0.1, 0.15) is 17.3 Å². The van der Waals surface area contributed by atoms with Gasteiger partial charge in [-0.3, -0.25) is 9.59 Å². The lowest BCUT2D eigenvalue weighted by atomic mass is 10.2. The number of hydrogen-bond donors (Lipinski definition) is 0. The van der Waals surface area contributed by atoms with Gasteiger partial charge in [0.15, 0.2) is 0 Å². The van der Waals surface area contributed by atoms with Crippen molar-refractivity contribution in [3.8, 4) is 0 Å². The zero-order valence-electron chi connectivity index (χ0n) is 16.4. The molecule has 29 heavy (non-hydrogen) atoms. The monoisotopic (exact) mass is 448 g/mol. The van der Waals surface area contributed by atoms with Crippen LogP contribution in [0.15, 0.2) is 23.1 Å². The maximum Gasteiger partial charge on any atom is 0.325 e. The standard InChI is InChI=1S/C18H25ClN2O7S/c1-3-28-17(22)13-20(6-9-26-2)18(23)14-4-5-15(19)16(12-14)29(24,25)21-7-10-27-11-8-21/h4-5,12H,3,6-11,13H2,1-2H3. The van der Waals surface area contributed by atoms with Gasteiger partial charge in [0.25, 0.3) is 5.91 Å². The molecule has 1 aliphatic rings. The number of esters is 1. The second kappa shape index (κ2) is 10.9. The predicted octanol–water partition coefficient (Wildman–Crippen LogP) is 1.01. The molecule has 0 bridgehead atoms. The molecule has 2 rings (SSSR count). The first-order valence-corrected chi connectivity index (χ1v) is 10.9. The Morgan fingerprint density at radius 1 is 1.28 bits per heavy atom. The number of carbonyl (C=O) groups excluding carboxylic acids is 2. The van der Waals surface area contributed by atoms with Gasteiger partial charge in [-0.2, -0.15) is 4.31 Å². The van der Waals surface area contributed by atoms with Gasteiger partial charge in [0.05, 0.1) is 31.5 Å². The van der Waals surface area contributed by atoms with E-state index in [0.29, 0.717) is 13.2 Å². The number of benzene rings is 1. The fourth-order valence-electron chi connectivity index (χ4n) is 2.76. The Morgan fingerprint density at radius 3 is 2.59 bits per heavy atom. The number of ether oxygens (including phenoxy) is 3. The molecular weight excluding hydrogens is 424 g/mol. The lowest BCUT2D eigenvalue weighted by Crippen LogP contribution is -2.41. The normalized spacial score (nSPS) is 15.1. The van der Waals surface area contributed by atoms with E-state index in [1.165, 1.54) is 34.5 Å². The van der Waals surface area contributed by atoms with Crippen molar-refractivity contribution in [1.82, 2.24) is 9.21 Å². The van der Waals surface area contributed by atoms with Crippen LogP contribution in [-0.4, -0.2) is 89.2 Å². The van der Waals surface area contributed by atoms with Crippen LogP contribution in [0.5, 0.6) is 0 Å². The average molecular weight is 449 g/mol. The molecule has 11 heteroatoms. The summed E-state index contributed by atoms with van der Waals surface area (Å²) in [6, 6.07) is 4.02. The molecule has 0 aliphatic carbocycles. The van der Waals surface area contributed by atoms with E-state index in [4.69, 9.17) is 25.8 Å². The van der Waals surface area contributed by atoms with Crippen molar-refractivity contribution < 1.29 is 32.2 Å². The minimum absolute atomic E-state index is 0.0156. The Morgan fingerprint density at radius 2 is 1.97 bits per heavy atom. The van der Waals surface area contributed by atoms with E-state index in [-0.39, 0.29) is 54.9 Å². The molecule has 1 amide bonds. The molecule has 0 saturated carbocycles. The van der Waals surface area contributed by atoms with Gasteiger partial charge < -0.3 is 19.1 Å². The molecule has 0 N–H and O–H groups in total. The van der Waals surface area contributed by atoms with Crippen LogP contribution < -0.4 is 0 Å². The topological polar surface area (TPSA) is 102 Å². The highest BCUT2D eigenvalue weighted by Gasteiger charge is 2.30. The molecule has 0 unspecified atom stereocenters. The summed E-state index contributed by atoms with van der Waals surface area (Å²) in [6.07, 6.45) is 0. The van der Waals surface area contributed by atoms with Crippen molar-refractivity contribution in [2.24, 2.45) is 0 Å². The van der Waals surface area contributed by atoms with Crippen LogP contribution in [0.25, 0.3) is 0 Å². The van der Waals surface area contributed by atoms with Crippen molar-refractivity contribution in [3.05, 3.63) is 28.8 Å². The van der Waals surface area contributed by atoms with Crippen LogP contribution in [0.2, 0.25) is 5.02 Å². The zero-order chi connectivity index (χ0) is 21.4. The van der Waals surface area contributed by atoms with Crippen molar-refractivity contribution in [2.45, 2.75) is 11.8 Å². The van der Waals surface area contributed by atoms with Crippen molar-refractivity contribution >= 4 is 33.5 Å². The molecule has 1 aliphatic heterocycles. The Labute approximate surface area is 175 Å². The highest BCUT2D eigenvalue weighted by Crippen LogP contribution is 2.27. The first-order chi connectivity index (χ1) is 13.8. The summed E-state index contributed by atoms with van der Waals surface area (Å²) in [7, 11) is -2.41. The number of amides is 1. The zero-order valence-corrected chi connectivity index (χ0v) is 18.0. The molecule has 0 aromatic heterocycles. The third kappa shape index (κ3) is 6.13. The van der Waals surface area contributed by atoms with E-state index >= 15 is 0 Å².